The molecule has 0 fully saturated rings. The van der Waals surface area contributed by atoms with E-state index >= 15 is 0 Å². The van der Waals surface area contributed by atoms with E-state index in [1.165, 1.54) is 10.7 Å². The van der Waals surface area contributed by atoms with Crippen LogP contribution < -0.4 is 5.32 Å². The Morgan fingerprint density at radius 3 is 2.63 bits per heavy atom. The Bertz CT molecular complexity index is 949. The maximum atomic E-state index is 13.1. The third-order valence-corrected chi connectivity index (χ3v) is 4.49. The molecule has 3 rings (SSSR count). The fraction of sp³-hybridized carbons (Fsp3) is 0.125. The molecule has 2 aromatic carbocycles. The minimum atomic E-state index is -4.64. The van der Waals surface area contributed by atoms with Gasteiger partial charge in [0, 0.05) is 5.02 Å². The lowest BCUT2D eigenvalue weighted by Gasteiger charge is -2.14. The summed E-state index contributed by atoms with van der Waals surface area (Å²) in [5.74, 6) is -0.803. The number of thioether (sulfide) groups is 1. The first-order valence-electron chi connectivity index (χ1n) is 7.48. The number of hydrogen-bond donors (Lipinski definition) is 1. The average Bonchev–Trinajstić information content (AvgIpc) is 3.10. The predicted molar refractivity (Wildman–Crippen MR) is 95.0 cm³/mol. The van der Waals surface area contributed by atoms with Gasteiger partial charge >= 0.3 is 6.18 Å². The van der Waals surface area contributed by atoms with E-state index in [0.717, 1.165) is 23.9 Å². The number of carbonyl (C=O) groups is 1. The standard InChI is InChI=1S/C16H11ClF3N5OS/c17-10-6-7-13(12(8-10)16(18,19)20)21-14(26)9-27-15-22-23-24-25(15)11-4-2-1-3-5-11/h1-8H,9H2,(H,21,26). The van der Waals surface area contributed by atoms with Crippen molar-refractivity contribution in [2.75, 3.05) is 11.1 Å². The van der Waals surface area contributed by atoms with E-state index in [4.69, 9.17) is 11.6 Å². The van der Waals surface area contributed by atoms with Crippen LogP contribution in [0.4, 0.5) is 18.9 Å². The highest BCUT2D eigenvalue weighted by molar-refractivity contribution is 7.99. The predicted octanol–water partition coefficient (Wildman–Crippen LogP) is 4.07. The maximum absolute atomic E-state index is 13.1. The zero-order valence-corrected chi connectivity index (χ0v) is 15.0. The van der Waals surface area contributed by atoms with Crippen LogP contribution in [-0.2, 0) is 11.0 Å². The quantitative estimate of drug-likeness (QED) is 0.638. The first-order valence-corrected chi connectivity index (χ1v) is 8.84. The third kappa shape index (κ3) is 4.77. The lowest BCUT2D eigenvalue weighted by molar-refractivity contribution is -0.137. The molecule has 0 aliphatic carbocycles. The van der Waals surface area contributed by atoms with Crippen molar-refractivity contribution in [3.8, 4) is 5.69 Å². The van der Waals surface area contributed by atoms with Crippen molar-refractivity contribution >= 4 is 35.0 Å². The minimum Gasteiger partial charge on any atom is -0.325 e. The molecule has 0 spiro atoms. The number of nitrogens with one attached hydrogen (secondary N) is 1. The second-order valence-electron chi connectivity index (χ2n) is 5.23. The smallest absolute Gasteiger partial charge is 0.325 e. The third-order valence-electron chi connectivity index (χ3n) is 3.34. The van der Waals surface area contributed by atoms with Gasteiger partial charge in [0.05, 0.1) is 22.7 Å². The number of benzene rings is 2. The van der Waals surface area contributed by atoms with Gasteiger partial charge in [0.1, 0.15) is 0 Å². The summed E-state index contributed by atoms with van der Waals surface area (Å²) >= 11 is 6.62. The van der Waals surface area contributed by atoms with Crippen LogP contribution in [-0.4, -0.2) is 31.9 Å². The van der Waals surface area contributed by atoms with Crippen LogP contribution in [0.3, 0.4) is 0 Å². The molecular weight excluding hydrogens is 403 g/mol. The van der Waals surface area contributed by atoms with Crippen LogP contribution in [0.5, 0.6) is 0 Å². The number of para-hydroxylation sites is 1. The molecule has 3 aromatic rings. The van der Waals surface area contributed by atoms with Gasteiger partial charge in [-0.1, -0.05) is 41.6 Å². The molecule has 27 heavy (non-hydrogen) atoms. The fourth-order valence-electron chi connectivity index (χ4n) is 2.18. The van der Waals surface area contributed by atoms with Gasteiger partial charge in [-0.25, -0.2) is 0 Å². The normalized spacial score (nSPS) is 11.4. The van der Waals surface area contributed by atoms with E-state index in [9.17, 15) is 18.0 Å². The lowest BCUT2D eigenvalue weighted by atomic mass is 10.1. The summed E-state index contributed by atoms with van der Waals surface area (Å²) in [5.41, 5.74) is -0.676. The van der Waals surface area contributed by atoms with Crippen LogP contribution in [0.2, 0.25) is 5.02 Å². The number of hydrogen-bond acceptors (Lipinski definition) is 5. The molecule has 0 bridgehead atoms. The Morgan fingerprint density at radius 2 is 1.93 bits per heavy atom. The summed E-state index contributed by atoms with van der Waals surface area (Å²) in [7, 11) is 0. The molecular formula is C16H11ClF3N5OS. The van der Waals surface area contributed by atoms with Crippen molar-refractivity contribution < 1.29 is 18.0 Å². The minimum absolute atomic E-state index is 0.0725. The summed E-state index contributed by atoms with van der Waals surface area (Å²) in [6.07, 6.45) is -4.64. The van der Waals surface area contributed by atoms with E-state index in [1.807, 2.05) is 6.07 Å². The molecule has 140 valence electrons. The Hall–Kier alpha value is -2.59. The van der Waals surface area contributed by atoms with Crippen LogP contribution >= 0.6 is 23.4 Å². The van der Waals surface area contributed by atoms with Crippen molar-refractivity contribution in [1.82, 2.24) is 20.2 Å². The van der Waals surface area contributed by atoms with E-state index in [-0.39, 0.29) is 16.5 Å². The Kier molecular flexibility index (Phi) is 5.66. The number of halogens is 4. The van der Waals surface area contributed by atoms with Gasteiger partial charge < -0.3 is 5.32 Å². The molecule has 0 saturated heterocycles. The van der Waals surface area contributed by atoms with Crippen LogP contribution in [0.25, 0.3) is 5.69 Å². The number of anilines is 1. The molecule has 0 aliphatic heterocycles. The van der Waals surface area contributed by atoms with E-state index in [1.54, 1.807) is 24.3 Å². The zero-order valence-electron chi connectivity index (χ0n) is 13.4. The van der Waals surface area contributed by atoms with Gasteiger partial charge in [-0.05, 0) is 40.8 Å². The van der Waals surface area contributed by atoms with E-state index < -0.39 is 17.6 Å². The summed E-state index contributed by atoms with van der Waals surface area (Å²) in [4.78, 5) is 12.1. The highest BCUT2D eigenvalue weighted by atomic mass is 35.5. The number of carbonyl (C=O) groups excluding carboxylic acids is 1. The molecule has 1 amide bonds. The van der Waals surface area contributed by atoms with Crippen molar-refractivity contribution in [3.05, 3.63) is 59.1 Å². The largest absolute Gasteiger partial charge is 0.418 e. The number of tetrazole rings is 1. The molecule has 0 saturated carbocycles. The molecule has 1 aromatic heterocycles. The number of aromatic nitrogens is 4. The molecule has 0 atom stereocenters. The highest BCUT2D eigenvalue weighted by Gasteiger charge is 2.34. The maximum Gasteiger partial charge on any atom is 0.418 e. The van der Waals surface area contributed by atoms with E-state index in [2.05, 4.69) is 20.8 Å². The van der Waals surface area contributed by atoms with Gasteiger partial charge in [-0.3, -0.25) is 4.79 Å². The van der Waals surface area contributed by atoms with Crippen LogP contribution in [0.15, 0.2) is 53.7 Å². The molecule has 1 heterocycles. The van der Waals surface area contributed by atoms with Gasteiger partial charge in [0.25, 0.3) is 0 Å². The second-order valence-corrected chi connectivity index (χ2v) is 6.61. The second kappa shape index (κ2) is 7.97. The first-order chi connectivity index (χ1) is 12.8. The van der Waals surface area contributed by atoms with Gasteiger partial charge in [0.2, 0.25) is 11.1 Å². The van der Waals surface area contributed by atoms with Crippen molar-refractivity contribution in [1.29, 1.82) is 0 Å². The van der Waals surface area contributed by atoms with Gasteiger partial charge in [-0.15, -0.1) is 5.10 Å². The zero-order chi connectivity index (χ0) is 19.4. The van der Waals surface area contributed by atoms with Crippen molar-refractivity contribution in [3.63, 3.8) is 0 Å². The number of amides is 1. The Labute approximate surface area is 160 Å². The molecule has 0 radical (unpaired) electrons. The summed E-state index contributed by atoms with van der Waals surface area (Å²) in [5, 5.41) is 13.7. The number of rotatable bonds is 5. The van der Waals surface area contributed by atoms with Crippen LogP contribution in [0, 0.1) is 0 Å². The molecule has 0 unspecified atom stereocenters. The summed E-state index contributed by atoms with van der Waals surface area (Å²) < 4.78 is 40.7. The number of alkyl halides is 3. The van der Waals surface area contributed by atoms with Gasteiger partial charge in [-0.2, -0.15) is 17.9 Å². The summed E-state index contributed by atoms with van der Waals surface area (Å²) in [6.45, 7) is 0. The lowest BCUT2D eigenvalue weighted by Crippen LogP contribution is -2.18. The Morgan fingerprint density at radius 1 is 1.19 bits per heavy atom. The fourth-order valence-corrected chi connectivity index (χ4v) is 3.04. The van der Waals surface area contributed by atoms with E-state index in [0.29, 0.717) is 10.8 Å². The number of nitrogens with zero attached hydrogens (tertiary/aromatic N) is 4. The van der Waals surface area contributed by atoms with Crippen LogP contribution in [0.1, 0.15) is 5.56 Å². The molecule has 11 heteroatoms. The topological polar surface area (TPSA) is 72.7 Å². The molecule has 6 nitrogen and oxygen atoms in total. The van der Waals surface area contributed by atoms with Crippen molar-refractivity contribution in [2.24, 2.45) is 0 Å². The monoisotopic (exact) mass is 413 g/mol. The van der Waals surface area contributed by atoms with Crippen molar-refractivity contribution in [2.45, 2.75) is 11.3 Å². The molecule has 1 N–H and O–H groups in total. The average molecular weight is 414 g/mol. The first kappa shape index (κ1) is 19.2. The van der Waals surface area contributed by atoms with Gasteiger partial charge in [0.15, 0.2) is 0 Å². The highest BCUT2D eigenvalue weighted by Crippen LogP contribution is 2.36. The molecule has 0 aliphatic rings. The Balaban J connectivity index is 1.70. The SMILES string of the molecule is O=C(CSc1nnnn1-c1ccccc1)Nc1ccc(Cl)cc1C(F)(F)F. The summed E-state index contributed by atoms with van der Waals surface area (Å²) in [6, 6.07) is 12.2.